The van der Waals surface area contributed by atoms with Crippen LogP contribution in [0.1, 0.15) is 18.7 Å². The molecule has 3 aromatic rings. The van der Waals surface area contributed by atoms with Gasteiger partial charge in [-0.1, -0.05) is 11.6 Å². The molecule has 0 saturated heterocycles. The number of benzene rings is 1. The molecular formula is C17H15ClN4O2. The van der Waals surface area contributed by atoms with Gasteiger partial charge in [0.15, 0.2) is 11.6 Å². The molecule has 24 heavy (non-hydrogen) atoms. The molecule has 0 saturated carbocycles. The van der Waals surface area contributed by atoms with E-state index in [-0.39, 0.29) is 12.4 Å². The van der Waals surface area contributed by atoms with E-state index in [1.807, 2.05) is 6.07 Å². The predicted molar refractivity (Wildman–Crippen MR) is 90.0 cm³/mol. The Hall–Kier alpha value is -2.60. The zero-order valence-electron chi connectivity index (χ0n) is 12.9. The van der Waals surface area contributed by atoms with E-state index in [0.29, 0.717) is 35.9 Å². The van der Waals surface area contributed by atoms with Crippen LogP contribution in [0.25, 0.3) is 10.9 Å². The lowest BCUT2D eigenvalue weighted by molar-refractivity contribution is -0.121. The molecule has 0 aliphatic carbocycles. The second-order valence-corrected chi connectivity index (χ2v) is 5.65. The van der Waals surface area contributed by atoms with E-state index >= 15 is 0 Å². The number of rotatable bonds is 7. The fourth-order valence-corrected chi connectivity index (χ4v) is 2.45. The molecule has 0 N–H and O–H groups in total. The van der Waals surface area contributed by atoms with E-state index in [9.17, 15) is 4.79 Å². The van der Waals surface area contributed by atoms with Crippen LogP contribution in [0.15, 0.2) is 42.9 Å². The Balaban J connectivity index is 1.53. The number of hydrogen-bond donors (Lipinski definition) is 0. The number of carbonyl (C=O) groups excluding carboxylic acids is 1. The van der Waals surface area contributed by atoms with E-state index in [4.69, 9.17) is 16.3 Å². The summed E-state index contributed by atoms with van der Waals surface area (Å²) >= 11 is 5.96. The zero-order valence-corrected chi connectivity index (χ0v) is 13.6. The number of pyridine rings is 1. The first kappa shape index (κ1) is 16.3. The quantitative estimate of drug-likeness (QED) is 0.656. The lowest BCUT2D eigenvalue weighted by atomic mass is 10.2. The van der Waals surface area contributed by atoms with Crippen LogP contribution in [-0.4, -0.2) is 32.6 Å². The highest BCUT2D eigenvalue weighted by molar-refractivity contribution is 6.31. The fourth-order valence-electron chi connectivity index (χ4n) is 2.28. The van der Waals surface area contributed by atoms with Crippen molar-refractivity contribution in [3.63, 3.8) is 0 Å². The van der Waals surface area contributed by atoms with Gasteiger partial charge in [0.2, 0.25) is 0 Å². The Labute approximate surface area is 143 Å². The van der Waals surface area contributed by atoms with Gasteiger partial charge in [0, 0.05) is 35.6 Å². The van der Waals surface area contributed by atoms with Crippen LogP contribution in [0.5, 0.6) is 5.75 Å². The van der Waals surface area contributed by atoms with E-state index in [1.54, 1.807) is 30.6 Å². The summed E-state index contributed by atoms with van der Waals surface area (Å²) in [4.78, 5) is 20.3. The van der Waals surface area contributed by atoms with Gasteiger partial charge in [0.25, 0.3) is 0 Å². The molecule has 0 amide bonds. The standard InChI is InChI=1S/C17H15ClN4O2/c18-12-4-5-14-15(10-12)19-7-6-16(14)24-11-13(23)2-1-3-17-20-8-9-21-22-17/h4-10H,1-3,11H2. The minimum absolute atomic E-state index is 0.0234. The molecule has 122 valence electrons. The molecule has 0 unspecified atom stereocenters. The second-order valence-electron chi connectivity index (χ2n) is 5.21. The molecule has 0 aliphatic rings. The molecule has 1 aromatic carbocycles. The maximum Gasteiger partial charge on any atom is 0.170 e. The number of aromatic nitrogens is 4. The number of ketones is 1. The van der Waals surface area contributed by atoms with Gasteiger partial charge in [0.05, 0.1) is 11.7 Å². The van der Waals surface area contributed by atoms with Crippen molar-refractivity contribution in [3.05, 3.63) is 53.7 Å². The third-order valence-electron chi connectivity index (χ3n) is 3.44. The minimum atomic E-state index is 0.0234. The Morgan fingerprint density at radius 3 is 2.88 bits per heavy atom. The molecule has 0 atom stereocenters. The number of fused-ring (bicyclic) bond motifs is 1. The highest BCUT2D eigenvalue weighted by atomic mass is 35.5. The molecular weight excluding hydrogens is 328 g/mol. The average Bonchev–Trinajstić information content (AvgIpc) is 2.60. The minimum Gasteiger partial charge on any atom is -0.485 e. The van der Waals surface area contributed by atoms with Crippen LogP contribution in [0.3, 0.4) is 0 Å². The number of nitrogens with zero attached hydrogens (tertiary/aromatic N) is 4. The van der Waals surface area contributed by atoms with Crippen LogP contribution >= 0.6 is 11.6 Å². The number of ether oxygens (including phenoxy) is 1. The summed E-state index contributed by atoms with van der Waals surface area (Å²) in [5, 5.41) is 9.09. The lowest BCUT2D eigenvalue weighted by Crippen LogP contribution is -2.12. The molecule has 0 radical (unpaired) electrons. The zero-order chi connectivity index (χ0) is 16.8. The smallest absolute Gasteiger partial charge is 0.170 e. The Morgan fingerprint density at radius 1 is 1.12 bits per heavy atom. The summed E-state index contributed by atoms with van der Waals surface area (Å²) in [7, 11) is 0. The number of halogens is 1. The van der Waals surface area contributed by atoms with Gasteiger partial charge in [-0.15, -0.1) is 5.10 Å². The van der Waals surface area contributed by atoms with Crippen LogP contribution in [0.2, 0.25) is 5.02 Å². The first-order valence-electron chi connectivity index (χ1n) is 7.54. The Kier molecular flexibility index (Phi) is 5.28. The predicted octanol–water partition coefficient (Wildman–Crippen LogP) is 3.04. The van der Waals surface area contributed by atoms with Gasteiger partial charge in [0.1, 0.15) is 12.4 Å². The third kappa shape index (κ3) is 4.23. The van der Waals surface area contributed by atoms with Crippen molar-refractivity contribution in [2.24, 2.45) is 0 Å². The van der Waals surface area contributed by atoms with Crippen molar-refractivity contribution < 1.29 is 9.53 Å². The van der Waals surface area contributed by atoms with Gasteiger partial charge in [-0.3, -0.25) is 9.78 Å². The van der Waals surface area contributed by atoms with Gasteiger partial charge in [-0.25, -0.2) is 4.98 Å². The van der Waals surface area contributed by atoms with Crippen LogP contribution < -0.4 is 4.74 Å². The molecule has 0 bridgehead atoms. The highest BCUT2D eigenvalue weighted by Crippen LogP contribution is 2.26. The van der Waals surface area contributed by atoms with Crippen LogP contribution in [0.4, 0.5) is 0 Å². The monoisotopic (exact) mass is 342 g/mol. The van der Waals surface area contributed by atoms with Crippen molar-refractivity contribution in [3.8, 4) is 5.75 Å². The second kappa shape index (κ2) is 7.79. The Morgan fingerprint density at radius 2 is 2.04 bits per heavy atom. The van der Waals surface area contributed by atoms with E-state index in [1.165, 1.54) is 6.20 Å². The summed E-state index contributed by atoms with van der Waals surface area (Å²) < 4.78 is 5.65. The summed E-state index contributed by atoms with van der Waals surface area (Å²) in [6, 6.07) is 7.12. The maximum atomic E-state index is 12.0. The first-order chi connectivity index (χ1) is 11.7. The van der Waals surface area contributed by atoms with Crippen molar-refractivity contribution in [1.29, 1.82) is 0 Å². The Bertz CT molecular complexity index is 842. The topological polar surface area (TPSA) is 77.9 Å². The summed E-state index contributed by atoms with van der Waals surface area (Å²) in [6.07, 6.45) is 6.45. The molecule has 0 fully saturated rings. The normalized spacial score (nSPS) is 10.7. The van der Waals surface area contributed by atoms with E-state index < -0.39 is 0 Å². The van der Waals surface area contributed by atoms with E-state index in [2.05, 4.69) is 20.2 Å². The first-order valence-corrected chi connectivity index (χ1v) is 7.91. The molecule has 0 aliphatic heterocycles. The lowest BCUT2D eigenvalue weighted by Gasteiger charge is -2.08. The maximum absolute atomic E-state index is 12.0. The summed E-state index contributed by atoms with van der Waals surface area (Å²) in [6.45, 7) is 0.0234. The van der Waals surface area contributed by atoms with Gasteiger partial charge in [-0.2, -0.15) is 5.10 Å². The van der Waals surface area contributed by atoms with Crippen LogP contribution in [0, 0.1) is 0 Å². The number of carbonyl (C=O) groups is 1. The number of aryl methyl sites for hydroxylation is 1. The largest absolute Gasteiger partial charge is 0.485 e. The van der Waals surface area contributed by atoms with Crippen molar-refractivity contribution in [2.45, 2.75) is 19.3 Å². The van der Waals surface area contributed by atoms with Gasteiger partial charge < -0.3 is 4.74 Å². The highest BCUT2D eigenvalue weighted by Gasteiger charge is 2.08. The molecule has 2 heterocycles. The molecule has 2 aromatic heterocycles. The SMILES string of the molecule is O=C(CCCc1nccnn1)COc1ccnc2cc(Cl)ccc12. The average molecular weight is 343 g/mol. The molecule has 7 heteroatoms. The van der Waals surface area contributed by atoms with Crippen molar-refractivity contribution >= 4 is 28.3 Å². The van der Waals surface area contributed by atoms with E-state index in [0.717, 1.165) is 10.9 Å². The summed E-state index contributed by atoms with van der Waals surface area (Å²) in [5.74, 6) is 1.29. The fraction of sp³-hybridized carbons (Fsp3) is 0.235. The van der Waals surface area contributed by atoms with Gasteiger partial charge >= 0.3 is 0 Å². The number of hydrogen-bond acceptors (Lipinski definition) is 6. The third-order valence-corrected chi connectivity index (χ3v) is 3.67. The molecule has 3 rings (SSSR count). The number of Topliss-reactive ketones (excluding diaryl/α,β-unsaturated/α-hetero) is 1. The summed E-state index contributed by atoms with van der Waals surface area (Å²) in [5.41, 5.74) is 0.737. The van der Waals surface area contributed by atoms with Crippen LogP contribution in [-0.2, 0) is 11.2 Å². The van der Waals surface area contributed by atoms with Gasteiger partial charge in [-0.05, 0) is 30.7 Å². The molecule has 6 nitrogen and oxygen atoms in total. The van der Waals surface area contributed by atoms with Crippen molar-refractivity contribution in [1.82, 2.24) is 20.2 Å². The van der Waals surface area contributed by atoms with Crippen molar-refractivity contribution in [2.75, 3.05) is 6.61 Å². The molecule has 0 spiro atoms.